The summed E-state index contributed by atoms with van der Waals surface area (Å²) in [4.78, 5) is 26.6. The van der Waals surface area contributed by atoms with E-state index < -0.39 is 0 Å². The molecule has 25 heavy (non-hydrogen) atoms. The number of rotatable bonds is 7. The predicted molar refractivity (Wildman–Crippen MR) is 99.8 cm³/mol. The topological polar surface area (TPSA) is 75.4 Å². The molecule has 0 aromatic heterocycles. The molecule has 1 aromatic carbocycles. The number of hydrogen-bond donors (Lipinski definition) is 2. The van der Waals surface area contributed by atoms with Crippen LogP contribution in [0.25, 0.3) is 0 Å². The smallest absolute Gasteiger partial charge is 0.225 e. The van der Waals surface area contributed by atoms with Crippen LogP contribution in [0.4, 0.5) is 0 Å². The highest BCUT2D eigenvalue weighted by Crippen LogP contribution is 2.18. The molecule has 1 saturated heterocycles. The Balaban J connectivity index is 1.76. The van der Waals surface area contributed by atoms with Crippen LogP contribution in [0.5, 0.6) is 0 Å². The highest BCUT2D eigenvalue weighted by atomic mass is 16.2. The number of likely N-dealkylation sites (tertiary alicyclic amines) is 1. The molecule has 1 aliphatic rings. The molecule has 0 aliphatic carbocycles. The second kappa shape index (κ2) is 9.56. The molecule has 138 valence electrons. The van der Waals surface area contributed by atoms with Gasteiger partial charge in [-0.05, 0) is 31.2 Å². The molecule has 1 aromatic rings. The second-order valence-corrected chi connectivity index (χ2v) is 6.90. The monoisotopic (exact) mass is 345 g/mol. The number of nitrogens with one attached hydrogen (secondary N) is 1. The second-order valence-electron chi connectivity index (χ2n) is 6.90. The van der Waals surface area contributed by atoms with Crippen LogP contribution in [0, 0.1) is 5.92 Å². The Morgan fingerprint density at radius 3 is 2.32 bits per heavy atom. The first-order valence-corrected chi connectivity index (χ1v) is 9.43. The Labute approximate surface area is 151 Å². The van der Waals surface area contributed by atoms with E-state index in [-0.39, 0.29) is 36.2 Å². The first-order chi connectivity index (χ1) is 12.0. The van der Waals surface area contributed by atoms with E-state index in [1.54, 1.807) is 0 Å². The van der Waals surface area contributed by atoms with Crippen LogP contribution >= 0.6 is 0 Å². The maximum Gasteiger partial charge on any atom is 0.225 e. The zero-order valence-electron chi connectivity index (χ0n) is 15.4. The van der Waals surface area contributed by atoms with E-state index in [1.165, 1.54) is 0 Å². The van der Waals surface area contributed by atoms with Crippen LogP contribution in [0.3, 0.4) is 0 Å². The molecular weight excluding hydrogens is 314 g/mol. The summed E-state index contributed by atoms with van der Waals surface area (Å²) in [5.41, 5.74) is 7.09. The van der Waals surface area contributed by atoms with E-state index in [0.29, 0.717) is 0 Å². The molecular formula is C20H31N3O2. The van der Waals surface area contributed by atoms with Gasteiger partial charge in [-0.25, -0.2) is 0 Å². The highest BCUT2D eigenvalue weighted by Gasteiger charge is 2.27. The molecule has 1 unspecified atom stereocenters. The SMILES string of the molecule is CCC(CC)C(=O)N1CCC(NC(=O)CC(N)c2ccccc2)CC1. The van der Waals surface area contributed by atoms with Crippen molar-refractivity contribution in [3.8, 4) is 0 Å². The van der Waals surface area contributed by atoms with Gasteiger partial charge in [-0.3, -0.25) is 9.59 Å². The number of nitrogens with zero attached hydrogens (tertiary/aromatic N) is 1. The van der Waals surface area contributed by atoms with Gasteiger partial charge in [-0.1, -0.05) is 44.2 Å². The quantitative estimate of drug-likeness (QED) is 0.797. The van der Waals surface area contributed by atoms with Crippen molar-refractivity contribution in [3.63, 3.8) is 0 Å². The molecule has 2 rings (SSSR count). The Morgan fingerprint density at radius 2 is 1.76 bits per heavy atom. The third-order valence-corrected chi connectivity index (χ3v) is 5.14. The van der Waals surface area contributed by atoms with Crippen LogP contribution in [0.15, 0.2) is 30.3 Å². The average Bonchev–Trinajstić information content (AvgIpc) is 2.64. The maximum absolute atomic E-state index is 12.4. The van der Waals surface area contributed by atoms with E-state index in [1.807, 2.05) is 35.2 Å². The van der Waals surface area contributed by atoms with Crippen molar-refractivity contribution in [3.05, 3.63) is 35.9 Å². The Bertz CT molecular complexity index is 549. The lowest BCUT2D eigenvalue weighted by Crippen LogP contribution is -2.48. The van der Waals surface area contributed by atoms with Crippen molar-refractivity contribution in [1.29, 1.82) is 0 Å². The first-order valence-electron chi connectivity index (χ1n) is 9.43. The molecule has 3 N–H and O–H groups in total. The molecule has 1 aliphatic heterocycles. The Morgan fingerprint density at radius 1 is 1.16 bits per heavy atom. The number of hydrogen-bond acceptors (Lipinski definition) is 3. The summed E-state index contributed by atoms with van der Waals surface area (Å²) in [6, 6.07) is 9.55. The summed E-state index contributed by atoms with van der Waals surface area (Å²) in [5.74, 6) is 0.386. The van der Waals surface area contributed by atoms with Gasteiger partial charge >= 0.3 is 0 Å². The van der Waals surface area contributed by atoms with Crippen LogP contribution in [-0.4, -0.2) is 35.8 Å². The summed E-state index contributed by atoms with van der Waals surface area (Å²) >= 11 is 0. The minimum absolute atomic E-state index is 0.0128. The van der Waals surface area contributed by atoms with Crippen molar-refractivity contribution in [2.45, 2.75) is 58.0 Å². The van der Waals surface area contributed by atoms with Gasteiger partial charge in [-0.15, -0.1) is 0 Å². The molecule has 5 heteroatoms. The van der Waals surface area contributed by atoms with Crippen LogP contribution in [0.2, 0.25) is 0 Å². The number of benzene rings is 1. The van der Waals surface area contributed by atoms with Crippen LogP contribution < -0.4 is 11.1 Å². The molecule has 1 heterocycles. The normalized spacial score (nSPS) is 16.7. The molecule has 0 radical (unpaired) electrons. The number of nitrogens with two attached hydrogens (primary N) is 1. The highest BCUT2D eigenvalue weighted by molar-refractivity contribution is 5.79. The molecule has 0 spiro atoms. The number of amides is 2. The minimum atomic E-state index is -0.280. The van der Waals surface area contributed by atoms with Crippen molar-refractivity contribution in [2.24, 2.45) is 11.7 Å². The Hall–Kier alpha value is -1.88. The van der Waals surface area contributed by atoms with Gasteiger partial charge in [0.15, 0.2) is 0 Å². The van der Waals surface area contributed by atoms with Crippen molar-refractivity contribution >= 4 is 11.8 Å². The van der Waals surface area contributed by atoms with Gasteiger partial charge in [-0.2, -0.15) is 0 Å². The standard InChI is InChI=1S/C20H31N3O2/c1-3-15(4-2)20(25)23-12-10-17(11-13-23)22-19(24)14-18(21)16-8-6-5-7-9-16/h5-9,15,17-18H,3-4,10-14,21H2,1-2H3,(H,22,24). The third kappa shape index (κ3) is 5.56. The van der Waals surface area contributed by atoms with E-state index in [0.717, 1.165) is 44.3 Å². The summed E-state index contributed by atoms with van der Waals surface area (Å²) in [6.07, 6.45) is 3.71. The number of piperidine rings is 1. The third-order valence-electron chi connectivity index (χ3n) is 5.14. The molecule has 2 amide bonds. The number of carbonyl (C=O) groups is 2. The van der Waals surface area contributed by atoms with Gasteiger partial charge in [0.25, 0.3) is 0 Å². The fourth-order valence-corrected chi connectivity index (χ4v) is 3.44. The summed E-state index contributed by atoms with van der Waals surface area (Å²) < 4.78 is 0. The summed E-state index contributed by atoms with van der Waals surface area (Å²) in [6.45, 7) is 5.58. The van der Waals surface area contributed by atoms with Crippen LogP contribution in [-0.2, 0) is 9.59 Å². The van der Waals surface area contributed by atoms with Gasteiger partial charge in [0.05, 0.1) is 0 Å². The van der Waals surface area contributed by atoms with E-state index in [2.05, 4.69) is 19.2 Å². The fourth-order valence-electron chi connectivity index (χ4n) is 3.44. The van der Waals surface area contributed by atoms with Gasteiger partial charge in [0.1, 0.15) is 0 Å². The lowest BCUT2D eigenvalue weighted by molar-refractivity contribution is -0.137. The Kier molecular flexibility index (Phi) is 7.44. The zero-order chi connectivity index (χ0) is 18.2. The molecule has 1 atom stereocenters. The average molecular weight is 345 g/mol. The molecule has 0 bridgehead atoms. The summed E-state index contributed by atoms with van der Waals surface area (Å²) in [5, 5.41) is 3.08. The predicted octanol–water partition coefficient (Wildman–Crippen LogP) is 2.62. The summed E-state index contributed by atoms with van der Waals surface area (Å²) in [7, 11) is 0. The van der Waals surface area contributed by atoms with E-state index >= 15 is 0 Å². The molecule has 1 fully saturated rings. The van der Waals surface area contributed by atoms with Gasteiger partial charge in [0.2, 0.25) is 11.8 Å². The fraction of sp³-hybridized carbons (Fsp3) is 0.600. The van der Waals surface area contributed by atoms with Crippen molar-refractivity contribution < 1.29 is 9.59 Å². The van der Waals surface area contributed by atoms with Gasteiger partial charge in [0, 0.05) is 37.5 Å². The maximum atomic E-state index is 12.4. The lowest BCUT2D eigenvalue weighted by atomic mass is 9.98. The van der Waals surface area contributed by atoms with E-state index in [4.69, 9.17) is 5.73 Å². The van der Waals surface area contributed by atoms with E-state index in [9.17, 15) is 9.59 Å². The lowest BCUT2D eigenvalue weighted by Gasteiger charge is -2.34. The first kappa shape index (κ1) is 19.4. The van der Waals surface area contributed by atoms with Crippen molar-refractivity contribution in [2.75, 3.05) is 13.1 Å². The molecule has 0 saturated carbocycles. The van der Waals surface area contributed by atoms with Crippen molar-refractivity contribution in [1.82, 2.24) is 10.2 Å². The molecule has 5 nitrogen and oxygen atoms in total. The number of carbonyl (C=O) groups excluding carboxylic acids is 2. The largest absolute Gasteiger partial charge is 0.353 e. The minimum Gasteiger partial charge on any atom is -0.353 e. The van der Waals surface area contributed by atoms with Crippen LogP contribution in [0.1, 0.15) is 57.6 Å². The zero-order valence-corrected chi connectivity index (χ0v) is 15.4. The van der Waals surface area contributed by atoms with Gasteiger partial charge < -0.3 is 16.0 Å².